The van der Waals surface area contributed by atoms with E-state index in [4.69, 9.17) is 5.11 Å². The van der Waals surface area contributed by atoms with Gasteiger partial charge in [0.05, 0.1) is 15.4 Å². The number of aromatic carboxylic acids is 1. The molecule has 19 heavy (non-hydrogen) atoms. The number of ether oxygens (including phenoxy) is 1. The molecule has 0 spiro atoms. The first-order chi connectivity index (χ1) is 8.91. The number of hydrogen-bond acceptors (Lipinski definition) is 3. The van der Waals surface area contributed by atoms with Crippen LogP contribution < -0.4 is 10.2 Å². The molecule has 2 rings (SSSR count). The van der Waals surface area contributed by atoms with Gasteiger partial charge in [0.25, 0.3) is 0 Å². The van der Waals surface area contributed by atoms with Crippen LogP contribution >= 0.6 is 15.9 Å². The van der Waals surface area contributed by atoms with Crippen molar-refractivity contribution in [2.45, 2.75) is 6.61 Å². The second kappa shape index (κ2) is 4.96. The van der Waals surface area contributed by atoms with Gasteiger partial charge in [0.1, 0.15) is 5.56 Å². The van der Waals surface area contributed by atoms with Gasteiger partial charge in [-0.2, -0.15) is 8.78 Å². The van der Waals surface area contributed by atoms with Crippen LogP contribution in [0.4, 0.5) is 8.78 Å². The fourth-order valence-corrected chi connectivity index (χ4v) is 2.03. The van der Waals surface area contributed by atoms with Crippen LogP contribution in [0, 0.1) is 0 Å². The van der Waals surface area contributed by atoms with Crippen molar-refractivity contribution in [1.82, 2.24) is 4.98 Å². The van der Waals surface area contributed by atoms with Gasteiger partial charge in [-0.3, -0.25) is 4.79 Å². The standard InChI is InChI=1S/C11H6BrF2NO4/c12-6-2-1-4-7(9(6)19-11(13)14)15-3-5(8(4)16)10(17)18/h1-3,11H,(H,15,16)(H,17,18). The molecule has 0 aliphatic carbocycles. The maximum atomic E-state index is 12.3. The number of carbonyl (C=O) groups is 1. The molecule has 0 atom stereocenters. The molecule has 8 heteroatoms. The van der Waals surface area contributed by atoms with E-state index < -0.39 is 23.6 Å². The summed E-state index contributed by atoms with van der Waals surface area (Å²) in [5, 5.41) is 8.77. The molecule has 0 aliphatic rings. The van der Waals surface area contributed by atoms with E-state index in [1.165, 1.54) is 12.1 Å². The Kier molecular flexibility index (Phi) is 3.52. The zero-order chi connectivity index (χ0) is 14.2. The number of carboxylic acid groups (broad SMARTS) is 1. The van der Waals surface area contributed by atoms with E-state index in [1.807, 2.05) is 0 Å². The van der Waals surface area contributed by atoms with Gasteiger partial charge >= 0.3 is 12.6 Å². The third-order valence-corrected chi connectivity index (χ3v) is 3.02. The van der Waals surface area contributed by atoms with Crippen molar-refractivity contribution in [3.05, 3.63) is 38.6 Å². The fourth-order valence-electron chi connectivity index (χ4n) is 1.61. The Morgan fingerprint density at radius 3 is 2.68 bits per heavy atom. The van der Waals surface area contributed by atoms with Crippen LogP contribution in [0.2, 0.25) is 0 Å². The highest BCUT2D eigenvalue weighted by Crippen LogP contribution is 2.32. The van der Waals surface area contributed by atoms with Crippen LogP contribution in [0.3, 0.4) is 0 Å². The number of pyridine rings is 1. The SMILES string of the molecule is O=C(O)c1c[nH]c2c(OC(F)F)c(Br)ccc2c1=O. The van der Waals surface area contributed by atoms with Gasteiger partial charge in [0.2, 0.25) is 5.43 Å². The van der Waals surface area contributed by atoms with E-state index in [0.29, 0.717) is 0 Å². The van der Waals surface area contributed by atoms with Gasteiger partial charge in [-0.25, -0.2) is 4.79 Å². The third kappa shape index (κ3) is 2.43. The second-order valence-electron chi connectivity index (χ2n) is 3.51. The summed E-state index contributed by atoms with van der Waals surface area (Å²) in [7, 11) is 0. The minimum Gasteiger partial charge on any atom is -0.477 e. The summed E-state index contributed by atoms with van der Waals surface area (Å²) in [4.78, 5) is 25.2. The number of aromatic nitrogens is 1. The lowest BCUT2D eigenvalue weighted by Gasteiger charge is -2.10. The lowest BCUT2D eigenvalue weighted by molar-refractivity contribution is -0.0494. The number of H-pyrrole nitrogens is 1. The summed E-state index contributed by atoms with van der Waals surface area (Å²) >= 11 is 3.02. The maximum absolute atomic E-state index is 12.3. The van der Waals surface area contributed by atoms with Crippen molar-refractivity contribution in [2.75, 3.05) is 0 Å². The van der Waals surface area contributed by atoms with Crippen LogP contribution in [-0.2, 0) is 0 Å². The molecule has 0 unspecified atom stereocenters. The molecule has 0 saturated heterocycles. The van der Waals surface area contributed by atoms with Crippen molar-refractivity contribution in [3.63, 3.8) is 0 Å². The van der Waals surface area contributed by atoms with Gasteiger partial charge in [-0.15, -0.1) is 0 Å². The topological polar surface area (TPSA) is 79.4 Å². The summed E-state index contributed by atoms with van der Waals surface area (Å²) in [6.45, 7) is -3.07. The normalized spacial score (nSPS) is 10.9. The summed E-state index contributed by atoms with van der Waals surface area (Å²) in [5.41, 5.74) is -1.24. The number of rotatable bonds is 3. The molecule has 0 aliphatic heterocycles. The first kappa shape index (κ1) is 13.5. The molecule has 0 fully saturated rings. The molecule has 0 radical (unpaired) electrons. The van der Waals surface area contributed by atoms with E-state index in [-0.39, 0.29) is 21.1 Å². The average molecular weight is 334 g/mol. The summed E-state index contributed by atoms with van der Waals surface area (Å²) in [6.07, 6.45) is 0.942. The second-order valence-corrected chi connectivity index (χ2v) is 4.37. The van der Waals surface area contributed by atoms with Crippen molar-refractivity contribution in [1.29, 1.82) is 0 Å². The molecule has 1 heterocycles. The molecule has 1 aromatic heterocycles. The van der Waals surface area contributed by atoms with Crippen LogP contribution in [0.25, 0.3) is 10.9 Å². The predicted molar refractivity (Wildman–Crippen MR) is 65.9 cm³/mol. The molecule has 2 aromatic rings. The molecular weight excluding hydrogens is 328 g/mol. The smallest absolute Gasteiger partial charge is 0.387 e. The molecule has 0 saturated carbocycles. The Hall–Kier alpha value is -1.96. The monoisotopic (exact) mass is 333 g/mol. The first-order valence-corrected chi connectivity index (χ1v) is 5.73. The predicted octanol–water partition coefficient (Wildman–Crippen LogP) is 2.59. The maximum Gasteiger partial charge on any atom is 0.387 e. The number of carboxylic acids is 1. The largest absolute Gasteiger partial charge is 0.477 e. The number of alkyl halides is 2. The van der Waals surface area contributed by atoms with Crippen LogP contribution in [0.15, 0.2) is 27.6 Å². The Bertz CT molecular complexity index is 714. The van der Waals surface area contributed by atoms with E-state index >= 15 is 0 Å². The highest BCUT2D eigenvalue weighted by atomic mass is 79.9. The van der Waals surface area contributed by atoms with Crippen molar-refractivity contribution < 1.29 is 23.4 Å². The first-order valence-electron chi connectivity index (χ1n) is 4.94. The molecule has 0 bridgehead atoms. The zero-order valence-corrected chi connectivity index (χ0v) is 10.7. The fraction of sp³-hybridized carbons (Fsp3) is 0.0909. The van der Waals surface area contributed by atoms with Gasteiger partial charge in [-0.1, -0.05) is 0 Å². The Morgan fingerprint density at radius 1 is 1.42 bits per heavy atom. The lowest BCUT2D eigenvalue weighted by Crippen LogP contribution is -2.16. The van der Waals surface area contributed by atoms with Crippen LogP contribution in [0.5, 0.6) is 5.75 Å². The van der Waals surface area contributed by atoms with Gasteiger partial charge in [-0.05, 0) is 28.1 Å². The van der Waals surface area contributed by atoms with Gasteiger partial charge in [0.15, 0.2) is 5.75 Å². The van der Waals surface area contributed by atoms with Gasteiger partial charge < -0.3 is 14.8 Å². The zero-order valence-electron chi connectivity index (χ0n) is 9.12. The summed E-state index contributed by atoms with van der Waals surface area (Å²) in [6, 6.07) is 2.66. The number of nitrogens with one attached hydrogen (secondary N) is 1. The average Bonchev–Trinajstić information content (AvgIpc) is 2.32. The Labute approximate surface area is 112 Å². The minimum absolute atomic E-state index is 0.00433. The Morgan fingerprint density at radius 2 is 2.11 bits per heavy atom. The van der Waals surface area contributed by atoms with Crippen LogP contribution in [0.1, 0.15) is 10.4 Å². The number of fused-ring (bicyclic) bond motifs is 1. The van der Waals surface area contributed by atoms with Crippen molar-refractivity contribution in [2.24, 2.45) is 0 Å². The highest BCUT2D eigenvalue weighted by molar-refractivity contribution is 9.10. The number of benzene rings is 1. The summed E-state index contributed by atoms with van der Waals surface area (Å²) < 4.78 is 29.2. The molecule has 5 nitrogen and oxygen atoms in total. The van der Waals surface area contributed by atoms with E-state index in [9.17, 15) is 18.4 Å². The molecule has 100 valence electrons. The van der Waals surface area contributed by atoms with E-state index in [1.54, 1.807) is 0 Å². The van der Waals surface area contributed by atoms with Crippen LogP contribution in [-0.4, -0.2) is 22.7 Å². The molecule has 0 amide bonds. The Balaban J connectivity index is 2.78. The molecular formula is C11H6BrF2NO4. The minimum atomic E-state index is -3.07. The molecule has 2 N–H and O–H groups in total. The highest BCUT2D eigenvalue weighted by Gasteiger charge is 2.17. The quantitative estimate of drug-likeness (QED) is 0.904. The van der Waals surface area contributed by atoms with E-state index in [2.05, 4.69) is 25.7 Å². The number of aromatic amines is 1. The van der Waals surface area contributed by atoms with Gasteiger partial charge in [0, 0.05) is 6.20 Å². The molecule has 1 aromatic carbocycles. The van der Waals surface area contributed by atoms with Crippen molar-refractivity contribution in [3.8, 4) is 5.75 Å². The van der Waals surface area contributed by atoms with Crippen molar-refractivity contribution >= 4 is 32.8 Å². The van der Waals surface area contributed by atoms with E-state index in [0.717, 1.165) is 6.20 Å². The lowest BCUT2D eigenvalue weighted by atomic mass is 10.1. The number of halogens is 3. The summed E-state index contributed by atoms with van der Waals surface area (Å²) in [5.74, 6) is -1.65. The third-order valence-electron chi connectivity index (χ3n) is 2.40. The number of hydrogen-bond donors (Lipinski definition) is 2.